The molecule has 8 nitrogen and oxygen atoms in total. The Kier molecular flexibility index (Phi) is 7.62. The maximum Gasteiger partial charge on any atom is 0.129 e. The van der Waals surface area contributed by atoms with E-state index in [-0.39, 0.29) is 23.3 Å². The Morgan fingerprint density at radius 2 is 2.14 bits per heavy atom. The first-order valence-electron chi connectivity index (χ1n) is 12.5. The SMILES string of the molecule is COCC12CC(C=N)C(=Nc3ccc(F)cc3)C=C1CCN(S(=O)c1ccnc(N3CCC(O)C3)c1)C2. The van der Waals surface area contributed by atoms with Gasteiger partial charge in [-0.15, -0.1) is 0 Å². The van der Waals surface area contributed by atoms with E-state index in [1.54, 1.807) is 31.5 Å². The summed E-state index contributed by atoms with van der Waals surface area (Å²) in [5, 5.41) is 18.0. The van der Waals surface area contributed by atoms with Gasteiger partial charge in [0.1, 0.15) is 22.6 Å². The normalized spacial score (nSPS) is 28.1. The van der Waals surface area contributed by atoms with Crippen molar-refractivity contribution >= 4 is 34.4 Å². The molecular weight excluding hydrogens is 493 g/mol. The average molecular weight is 526 g/mol. The molecule has 3 heterocycles. The van der Waals surface area contributed by atoms with Crippen LogP contribution >= 0.6 is 0 Å². The molecule has 4 atom stereocenters. The summed E-state index contributed by atoms with van der Waals surface area (Å²) in [5.41, 5.74) is 2.23. The van der Waals surface area contributed by atoms with Crippen LogP contribution in [0.25, 0.3) is 0 Å². The molecule has 0 amide bonds. The number of nitrogens with one attached hydrogen (secondary N) is 1. The highest BCUT2D eigenvalue weighted by Crippen LogP contribution is 2.45. The fraction of sp³-hybridized carbons (Fsp3) is 0.444. The molecule has 2 aromatic rings. The minimum Gasteiger partial charge on any atom is -0.391 e. The maximum absolute atomic E-state index is 13.7. The lowest BCUT2D eigenvalue weighted by molar-refractivity contribution is 0.0649. The van der Waals surface area contributed by atoms with Crippen molar-refractivity contribution in [2.75, 3.05) is 44.8 Å². The molecule has 3 aliphatic rings. The van der Waals surface area contributed by atoms with Crippen molar-refractivity contribution in [1.29, 1.82) is 5.41 Å². The van der Waals surface area contributed by atoms with Gasteiger partial charge in [0.05, 0.1) is 23.3 Å². The second kappa shape index (κ2) is 10.9. The second-order valence-electron chi connectivity index (χ2n) is 9.97. The van der Waals surface area contributed by atoms with E-state index in [0.717, 1.165) is 18.1 Å². The molecule has 10 heteroatoms. The lowest BCUT2D eigenvalue weighted by Gasteiger charge is -2.47. The Balaban J connectivity index is 1.40. The molecule has 0 bridgehead atoms. The summed E-state index contributed by atoms with van der Waals surface area (Å²) in [6.45, 7) is 2.86. The first kappa shape index (κ1) is 25.8. The number of aliphatic hydroxyl groups excluding tert-OH is 1. The van der Waals surface area contributed by atoms with E-state index in [1.807, 2.05) is 15.3 Å². The standard InChI is InChI=1S/C27H32FN5O3S/c1-36-18-27-14-19(15-29)25(31-22-4-2-21(28)3-5-22)12-20(27)7-11-33(17-27)37(35)24-6-9-30-26(13-24)32-10-8-23(34)16-32/h2-6,9,12-13,15,19,23,29,34H,7-8,10-11,14,16-18H2,1H3. The van der Waals surface area contributed by atoms with E-state index >= 15 is 0 Å². The number of aliphatic imine (C=N–C) groups is 1. The van der Waals surface area contributed by atoms with E-state index in [9.17, 15) is 13.7 Å². The molecule has 0 radical (unpaired) electrons. The van der Waals surface area contributed by atoms with Gasteiger partial charge in [-0.1, -0.05) is 5.57 Å². The Bertz CT molecular complexity index is 1240. The number of halogens is 1. The third-order valence-corrected chi connectivity index (χ3v) is 8.89. The quantitative estimate of drug-likeness (QED) is 0.539. The Hall–Kier alpha value is -2.79. The van der Waals surface area contributed by atoms with Crippen molar-refractivity contribution in [2.45, 2.75) is 30.3 Å². The smallest absolute Gasteiger partial charge is 0.129 e. The van der Waals surface area contributed by atoms with Gasteiger partial charge in [0.15, 0.2) is 0 Å². The highest BCUT2D eigenvalue weighted by Gasteiger charge is 2.46. The summed E-state index contributed by atoms with van der Waals surface area (Å²) < 4.78 is 34.7. The number of aromatic nitrogens is 1. The average Bonchev–Trinajstić information content (AvgIpc) is 3.35. The van der Waals surface area contributed by atoms with Crippen molar-refractivity contribution in [3.8, 4) is 0 Å². The molecule has 2 N–H and O–H groups in total. The van der Waals surface area contributed by atoms with Crippen molar-refractivity contribution < 1.29 is 18.4 Å². The van der Waals surface area contributed by atoms with Crippen molar-refractivity contribution in [1.82, 2.24) is 9.29 Å². The summed E-state index contributed by atoms with van der Waals surface area (Å²) in [7, 11) is 0.279. The van der Waals surface area contributed by atoms with E-state index in [1.165, 1.54) is 23.9 Å². The van der Waals surface area contributed by atoms with Gasteiger partial charge in [0.2, 0.25) is 0 Å². The molecule has 0 spiro atoms. The monoisotopic (exact) mass is 525 g/mol. The number of anilines is 1. The third-order valence-electron chi connectivity index (χ3n) is 7.45. The van der Waals surface area contributed by atoms with Crippen LogP contribution in [0.4, 0.5) is 15.9 Å². The molecule has 2 fully saturated rings. The third kappa shape index (κ3) is 5.43. The van der Waals surface area contributed by atoms with Crippen LogP contribution in [0.1, 0.15) is 19.3 Å². The Morgan fingerprint density at radius 3 is 2.84 bits per heavy atom. The van der Waals surface area contributed by atoms with Gasteiger partial charge in [-0.2, -0.15) is 0 Å². The van der Waals surface area contributed by atoms with E-state index in [2.05, 4.69) is 11.1 Å². The number of allylic oxidation sites excluding steroid dienone is 1. The molecular formula is C27H32FN5O3S. The van der Waals surface area contributed by atoms with Gasteiger partial charge < -0.3 is 20.2 Å². The summed E-state index contributed by atoms with van der Waals surface area (Å²) in [4.78, 5) is 11.9. The highest BCUT2D eigenvalue weighted by atomic mass is 32.2. The molecule has 2 saturated heterocycles. The fourth-order valence-electron chi connectivity index (χ4n) is 5.58. The number of fused-ring (bicyclic) bond motifs is 1. The van der Waals surface area contributed by atoms with Crippen molar-refractivity contribution in [2.24, 2.45) is 16.3 Å². The van der Waals surface area contributed by atoms with Crippen molar-refractivity contribution in [3.63, 3.8) is 0 Å². The zero-order valence-corrected chi connectivity index (χ0v) is 21.7. The molecule has 1 aliphatic carbocycles. The molecule has 1 aromatic heterocycles. The molecule has 5 rings (SSSR count). The summed E-state index contributed by atoms with van der Waals surface area (Å²) in [6.07, 6.45) is 6.82. The number of rotatable bonds is 7. The predicted molar refractivity (Wildman–Crippen MR) is 142 cm³/mol. The second-order valence-corrected chi connectivity index (χ2v) is 11.5. The van der Waals surface area contributed by atoms with Gasteiger partial charge in [-0.05, 0) is 61.7 Å². The van der Waals surface area contributed by atoms with Crippen LogP contribution in [0.2, 0.25) is 0 Å². The number of hydrogen-bond donors (Lipinski definition) is 2. The Labute approximate surface area is 219 Å². The van der Waals surface area contributed by atoms with Crippen LogP contribution in [-0.4, -0.2) is 76.5 Å². The number of pyridine rings is 1. The van der Waals surface area contributed by atoms with Crippen LogP contribution in [0.5, 0.6) is 0 Å². The van der Waals surface area contributed by atoms with Crippen LogP contribution < -0.4 is 4.90 Å². The van der Waals surface area contributed by atoms with Gasteiger partial charge in [0, 0.05) is 62.7 Å². The fourth-order valence-corrected chi connectivity index (χ4v) is 6.88. The largest absolute Gasteiger partial charge is 0.391 e. The van der Waals surface area contributed by atoms with E-state index in [4.69, 9.17) is 15.1 Å². The van der Waals surface area contributed by atoms with Gasteiger partial charge in [0.25, 0.3) is 0 Å². The zero-order valence-electron chi connectivity index (χ0n) is 20.8. The van der Waals surface area contributed by atoms with Crippen LogP contribution in [0.15, 0.2) is 64.1 Å². The maximum atomic E-state index is 13.7. The van der Waals surface area contributed by atoms with Crippen LogP contribution in [0.3, 0.4) is 0 Å². The number of β-amino-alcohol motifs (C(OH)–C–C–N with tert-alkyl or cyclic N) is 1. The molecule has 0 saturated carbocycles. The zero-order chi connectivity index (χ0) is 26.0. The molecule has 1 aromatic carbocycles. The minimum absolute atomic E-state index is 0.230. The number of piperidine rings is 1. The van der Waals surface area contributed by atoms with Crippen LogP contribution in [-0.2, 0) is 15.7 Å². The first-order valence-corrected chi connectivity index (χ1v) is 13.6. The molecule has 2 aliphatic heterocycles. The summed E-state index contributed by atoms with van der Waals surface area (Å²) >= 11 is 0. The van der Waals surface area contributed by atoms with E-state index in [0.29, 0.717) is 56.1 Å². The van der Waals surface area contributed by atoms with E-state index < -0.39 is 11.0 Å². The number of nitrogens with zero attached hydrogens (tertiary/aromatic N) is 4. The highest BCUT2D eigenvalue weighted by molar-refractivity contribution is 7.82. The summed E-state index contributed by atoms with van der Waals surface area (Å²) in [6, 6.07) is 9.68. The molecule has 37 heavy (non-hydrogen) atoms. The number of benzene rings is 1. The first-order chi connectivity index (χ1) is 17.9. The molecule has 4 unspecified atom stereocenters. The topological polar surface area (TPSA) is 102 Å². The Morgan fingerprint density at radius 1 is 1.32 bits per heavy atom. The lowest BCUT2D eigenvalue weighted by atomic mass is 9.66. The molecule has 196 valence electrons. The van der Waals surface area contributed by atoms with Gasteiger partial charge in [-0.25, -0.2) is 17.9 Å². The predicted octanol–water partition coefficient (Wildman–Crippen LogP) is 3.52. The number of aliphatic hydroxyl groups is 1. The number of hydrogen-bond acceptors (Lipinski definition) is 7. The van der Waals surface area contributed by atoms with Gasteiger partial charge in [-0.3, -0.25) is 4.99 Å². The van der Waals surface area contributed by atoms with Crippen molar-refractivity contribution in [3.05, 3.63) is 60.1 Å². The van der Waals surface area contributed by atoms with Crippen LogP contribution in [0, 0.1) is 22.6 Å². The minimum atomic E-state index is -1.39. The number of ether oxygens (including phenoxy) is 1. The lowest BCUT2D eigenvalue weighted by Crippen LogP contribution is -2.51. The number of methoxy groups -OCH3 is 1. The summed E-state index contributed by atoms with van der Waals surface area (Å²) in [5.74, 6) is 0.189. The van der Waals surface area contributed by atoms with Gasteiger partial charge >= 0.3 is 0 Å².